The van der Waals surface area contributed by atoms with Crippen LogP contribution in [0.25, 0.3) is 0 Å². The van der Waals surface area contributed by atoms with E-state index in [-0.39, 0.29) is 0 Å². The second-order valence-corrected chi connectivity index (χ2v) is 4.55. The van der Waals surface area contributed by atoms with Crippen molar-refractivity contribution in [3.63, 3.8) is 0 Å². The number of aryl methyl sites for hydroxylation is 1. The predicted molar refractivity (Wildman–Crippen MR) is 75.4 cm³/mol. The molecule has 0 radical (unpaired) electrons. The van der Waals surface area contributed by atoms with E-state index in [1.807, 2.05) is 12.4 Å². The van der Waals surface area contributed by atoms with Crippen LogP contribution < -0.4 is 5.32 Å². The normalized spacial score (nSPS) is 12.3. The number of hydrogen-bond acceptors (Lipinski definition) is 2. The van der Waals surface area contributed by atoms with E-state index < -0.39 is 0 Å². The summed E-state index contributed by atoms with van der Waals surface area (Å²) in [6, 6.07) is 15.2. The first-order valence-electron chi connectivity index (χ1n) is 6.53. The van der Waals surface area contributed by atoms with Crippen LogP contribution in [0.3, 0.4) is 0 Å². The molecule has 18 heavy (non-hydrogen) atoms. The summed E-state index contributed by atoms with van der Waals surface area (Å²) in [5, 5.41) is 3.54. The van der Waals surface area contributed by atoms with Crippen LogP contribution >= 0.6 is 0 Å². The Hall–Kier alpha value is -1.67. The van der Waals surface area contributed by atoms with Crippen LogP contribution in [0.2, 0.25) is 0 Å². The number of aromatic nitrogens is 1. The topological polar surface area (TPSA) is 24.9 Å². The molecule has 0 aliphatic heterocycles. The summed E-state index contributed by atoms with van der Waals surface area (Å²) in [5.41, 5.74) is 2.71. The molecule has 0 saturated heterocycles. The smallest absolute Gasteiger partial charge is 0.0292 e. The van der Waals surface area contributed by atoms with Crippen molar-refractivity contribution in [3.8, 4) is 0 Å². The van der Waals surface area contributed by atoms with Crippen molar-refractivity contribution in [1.29, 1.82) is 0 Å². The SMILES string of the molecule is C[C@H](NCCCc1ccccc1)c1ccncc1. The summed E-state index contributed by atoms with van der Waals surface area (Å²) in [5.74, 6) is 0. The molecule has 0 amide bonds. The van der Waals surface area contributed by atoms with Gasteiger partial charge in [-0.05, 0) is 49.6 Å². The number of nitrogens with zero attached hydrogens (tertiary/aromatic N) is 1. The van der Waals surface area contributed by atoms with E-state index in [1.54, 1.807) is 0 Å². The molecule has 0 aliphatic carbocycles. The zero-order chi connectivity index (χ0) is 12.6. The van der Waals surface area contributed by atoms with Gasteiger partial charge in [0.05, 0.1) is 0 Å². The molecule has 0 fully saturated rings. The lowest BCUT2D eigenvalue weighted by molar-refractivity contribution is 0.558. The van der Waals surface area contributed by atoms with Gasteiger partial charge in [-0.25, -0.2) is 0 Å². The van der Waals surface area contributed by atoms with Crippen molar-refractivity contribution < 1.29 is 0 Å². The minimum atomic E-state index is 0.392. The largest absolute Gasteiger partial charge is 0.310 e. The van der Waals surface area contributed by atoms with Gasteiger partial charge < -0.3 is 5.32 Å². The van der Waals surface area contributed by atoms with Crippen molar-refractivity contribution in [3.05, 3.63) is 66.0 Å². The fourth-order valence-electron chi connectivity index (χ4n) is 2.03. The first-order valence-corrected chi connectivity index (χ1v) is 6.53. The van der Waals surface area contributed by atoms with E-state index >= 15 is 0 Å². The predicted octanol–water partition coefficient (Wildman–Crippen LogP) is 3.37. The van der Waals surface area contributed by atoms with Crippen LogP contribution in [-0.4, -0.2) is 11.5 Å². The summed E-state index contributed by atoms with van der Waals surface area (Å²) in [6.07, 6.45) is 5.99. The minimum absolute atomic E-state index is 0.392. The van der Waals surface area contributed by atoms with Gasteiger partial charge in [-0.15, -0.1) is 0 Å². The summed E-state index contributed by atoms with van der Waals surface area (Å²) in [4.78, 5) is 4.04. The average Bonchev–Trinajstić information content (AvgIpc) is 2.45. The van der Waals surface area contributed by atoms with Crippen molar-refractivity contribution >= 4 is 0 Å². The van der Waals surface area contributed by atoms with Gasteiger partial charge in [0.2, 0.25) is 0 Å². The third-order valence-electron chi connectivity index (χ3n) is 3.14. The summed E-state index contributed by atoms with van der Waals surface area (Å²) in [7, 11) is 0. The lowest BCUT2D eigenvalue weighted by Gasteiger charge is -2.13. The third-order valence-corrected chi connectivity index (χ3v) is 3.14. The van der Waals surface area contributed by atoms with Gasteiger partial charge in [-0.3, -0.25) is 4.98 Å². The van der Waals surface area contributed by atoms with Crippen LogP contribution in [0, 0.1) is 0 Å². The second-order valence-electron chi connectivity index (χ2n) is 4.55. The Kier molecular flexibility index (Phi) is 4.91. The lowest BCUT2D eigenvalue weighted by Crippen LogP contribution is -2.20. The highest BCUT2D eigenvalue weighted by molar-refractivity contribution is 5.15. The van der Waals surface area contributed by atoms with Crippen molar-refractivity contribution in [2.24, 2.45) is 0 Å². The maximum atomic E-state index is 4.04. The van der Waals surface area contributed by atoms with E-state index in [2.05, 4.69) is 59.7 Å². The first kappa shape index (κ1) is 12.8. The van der Waals surface area contributed by atoms with Crippen LogP contribution in [-0.2, 0) is 6.42 Å². The van der Waals surface area contributed by atoms with Crippen LogP contribution in [0.15, 0.2) is 54.9 Å². The molecular formula is C16H20N2. The van der Waals surface area contributed by atoms with Gasteiger partial charge in [0.25, 0.3) is 0 Å². The van der Waals surface area contributed by atoms with Crippen molar-refractivity contribution in [2.45, 2.75) is 25.8 Å². The van der Waals surface area contributed by atoms with Gasteiger partial charge in [-0.2, -0.15) is 0 Å². The van der Waals surface area contributed by atoms with Crippen LogP contribution in [0.4, 0.5) is 0 Å². The van der Waals surface area contributed by atoms with Crippen molar-refractivity contribution in [2.75, 3.05) is 6.54 Å². The second kappa shape index (κ2) is 6.92. The van der Waals surface area contributed by atoms with Gasteiger partial charge >= 0.3 is 0 Å². The molecule has 0 aliphatic rings. The van der Waals surface area contributed by atoms with Crippen LogP contribution in [0.1, 0.15) is 30.5 Å². The first-order chi connectivity index (χ1) is 8.86. The van der Waals surface area contributed by atoms with Crippen LogP contribution in [0.5, 0.6) is 0 Å². The van der Waals surface area contributed by atoms with E-state index in [0.717, 1.165) is 13.0 Å². The molecule has 2 nitrogen and oxygen atoms in total. The lowest BCUT2D eigenvalue weighted by atomic mass is 10.1. The Bertz CT molecular complexity index is 439. The molecule has 0 spiro atoms. The van der Waals surface area contributed by atoms with Gasteiger partial charge in [0.15, 0.2) is 0 Å². The molecule has 1 aromatic carbocycles. The highest BCUT2D eigenvalue weighted by Gasteiger charge is 2.02. The Morgan fingerprint density at radius 2 is 1.78 bits per heavy atom. The Morgan fingerprint density at radius 1 is 1.06 bits per heavy atom. The summed E-state index contributed by atoms with van der Waals surface area (Å²) in [6.45, 7) is 3.23. The summed E-state index contributed by atoms with van der Waals surface area (Å²) < 4.78 is 0. The maximum Gasteiger partial charge on any atom is 0.0292 e. The van der Waals surface area contributed by atoms with E-state index in [1.165, 1.54) is 17.5 Å². The highest BCUT2D eigenvalue weighted by atomic mass is 14.9. The summed E-state index contributed by atoms with van der Waals surface area (Å²) >= 11 is 0. The zero-order valence-electron chi connectivity index (χ0n) is 10.8. The van der Waals surface area contributed by atoms with E-state index in [0.29, 0.717) is 6.04 Å². The Morgan fingerprint density at radius 3 is 2.50 bits per heavy atom. The van der Waals surface area contributed by atoms with Crippen molar-refractivity contribution in [1.82, 2.24) is 10.3 Å². The zero-order valence-corrected chi connectivity index (χ0v) is 10.8. The van der Waals surface area contributed by atoms with E-state index in [9.17, 15) is 0 Å². The number of rotatable bonds is 6. The fourth-order valence-corrected chi connectivity index (χ4v) is 2.03. The molecular weight excluding hydrogens is 220 g/mol. The number of pyridine rings is 1. The average molecular weight is 240 g/mol. The fraction of sp³-hybridized carbons (Fsp3) is 0.312. The Labute approximate surface area is 109 Å². The molecule has 2 rings (SSSR count). The van der Waals surface area contributed by atoms with E-state index in [4.69, 9.17) is 0 Å². The molecule has 0 bridgehead atoms. The number of hydrogen-bond donors (Lipinski definition) is 1. The third kappa shape index (κ3) is 3.97. The molecule has 2 aromatic rings. The molecule has 1 atom stereocenters. The highest BCUT2D eigenvalue weighted by Crippen LogP contribution is 2.10. The number of benzene rings is 1. The molecule has 0 unspecified atom stereocenters. The molecule has 1 N–H and O–H groups in total. The molecule has 1 heterocycles. The maximum absolute atomic E-state index is 4.04. The Balaban J connectivity index is 1.70. The minimum Gasteiger partial charge on any atom is -0.310 e. The van der Waals surface area contributed by atoms with Gasteiger partial charge in [0.1, 0.15) is 0 Å². The quantitative estimate of drug-likeness (QED) is 0.783. The van der Waals surface area contributed by atoms with Gasteiger partial charge in [-0.1, -0.05) is 30.3 Å². The molecule has 94 valence electrons. The molecule has 0 saturated carbocycles. The number of nitrogens with one attached hydrogen (secondary N) is 1. The molecule has 1 aromatic heterocycles. The van der Waals surface area contributed by atoms with Gasteiger partial charge in [0, 0.05) is 18.4 Å². The standard InChI is InChI=1S/C16H20N2/c1-14(16-9-12-17-13-10-16)18-11-5-8-15-6-3-2-4-7-15/h2-4,6-7,9-10,12-14,18H,5,8,11H2,1H3/t14-/m0/s1. The molecule has 2 heteroatoms. The monoisotopic (exact) mass is 240 g/mol.